The zero-order valence-electron chi connectivity index (χ0n) is 33.0. The molecule has 0 amide bonds. The third-order valence-corrected chi connectivity index (χ3v) is 9.82. The highest BCUT2D eigenvalue weighted by Crippen LogP contribution is 2.40. The molecule has 2 aromatic heterocycles. The Morgan fingerprint density at radius 3 is 0.982 bits per heavy atom. The predicted molar refractivity (Wildman–Crippen MR) is 212 cm³/mol. The fourth-order valence-corrected chi connectivity index (χ4v) is 7.41. The van der Waals surface area contributed by atoms with Gasteiger partial charge in [0.1, 0.15) is 59.2 Å². The number of nitrogens with one attached hydrogen (secondary N) is 2. The minimum Gasteiger partial charge on any atom is -1.00 e. The van der Waals surface area contributed by atoms with Crippen molar-refractivity contribution in [3.8, 4) is 34.4 Å². The molecule has 0 spiro atoms. The Hall–Kier alpha value is -4.54. The summed E-state index contributed by atoms with van der Waals surface area (Å²) in [4.78, 5) is 6.47. The zero-order valence-corrected chi connectivity index (χ0v) is 36.2. The molecule has 0 aliphatic heterocycles. The number of rotatable bonds is 14. The summed E-state index contributed by atoms with van der Waals surface area (Å²) in [6.07, 6.45) is 18.3. The predicted octanol–water partition coefficient (Wildman–Crippen LogP) is 2.74. The number of ether oxygens (including phenoxy) is 4. The SMILES string of the molecule is CCCOc1c2cccc1Cc1cc(-n3cc[nH+]c3)cc(c1OCCC)Cc1cccc(c1OCCC)Cc1cc(-n3cc[nH+]c3)cc(c1OCCC)C2.[Br-].[Br-]. The Labute approximate surface area is 352 Å². The molecule has 8 bridgehead atoms. The van der Waals surface area contributed by atoms with Gasteiger partial charge < -0.3 is 52.9 Å². The molecule has 1 aliphatic carbocycles. The normalized spacial score (nSPS) is 11.9. The Kier molecular flexibility index (Phi) is 15.7. The lowest BCUT2D eigenvalue weighted by Crippen LogP contribution is -3.00. The summed E-state index contributed by atoms with van der Waals surface area (Å²) in [6, 6.07) is 22.3. The van der Waals surface area contributed by atoms with Gasteiger partial charge in [0, 0.05) is 47.9 Å². The van der Waals surface area contributed by atoms with E-state index in [1.807, 2.05) is 25.0 Å². The first-order chi connectivity index (χ1) is 26.6. The molecule has 2 heterocycles. The minimum absolute atomic E-state index is 0. The fourth-order valence-electron chi connectivity index (χ4n) is 7.41. The highest BCUT2D eigenvalue weighted by molar-refractivity contribution is 5.60. The van der Waals surface area contributed by atoms with Crippen LogP contribution < -0.4 is 62.9 Å². The third kappa shape index (κ3) is 9.69. The van der Waals surface area contributed by atoms with Gasteiger partial charge in [-0.05, 0) is 72.2 Å². The molecule has 2 N–H and O–H groups in total. The standard InChI is InChI=1S/C46H52N4O4.2BrH/c1-5-19-51-43-33-11-9-12-34(43)24-38-28-42(50-18-16-48-32-50)30-40(46(38)54-22-8-4)26-36-14-10-13-35(44(36)52-20-6-2)25-39-29-41(49-17-15-47-31-49)27-37(23-33)45(39)53-21-7-3;;/h9-18,27-32H,5-8,19-26H2,1-4H3;2*1H. The third-order valence-electron chi connectivity index (χ3n) is 9.82. The van der Waals surface area contributed by atoms with E-state index < -0.39 is 0 Å². The lowest BCUT2D eigenvalue weighted by Gasteiger charge is -2.23. The van der Waals surface area contributed by atoms with Crippen LogP contribution in [0.1, 0.15) is 97.9 Å². The van der Waals surface area contributed by atoms with Crippen molar-refractivity contribution in [1.29, 1.82) is 0 Å². The van der Waals surface area contributed by atoms with Gasteiger partial charge >= 0.3 is 0 Å². The van der Waals surface area contributed by atoms with Crippen LogP contribution in [0.2, 0.25) is 0 Å². The molecule has 0 radical (unpaired) electrons. The van der Waals surface area contributed by atoms with Crippen LogP contribution in [0, 0.1) is 0 Å². The second kappa shape index (κ2) is 20.6. The number of halogens is 2. The van der Waals surface area contributed by atoms with Gasteiger partial charge in [-0.25, -0.2) is 19.1 Å². The van der Waals surface area contributed by atoms with Crippen molar-refractivity contribution in [3.05, 3.63) is 143 Å². The largest absolute Gasteiger partial charge is 1.00 e. The van der Waals surface area contributed by atoms with Crippen molar-refractivity contribution >= 4 is 0 Å². The summed E-state index contributed by atoms with van der Waals surface area (Å²) in [7, 11) is 0. The van der Waals surface area contributed by atoms with Crippen LogP contribution in [0.5, 0.6) is 23.0 Å². The van der Waals surface area contributed by atoms with Gasteiger partial charge in [-0.15, -0.1) is 0 Å². The molecule has 10 heteroatoms. The van der Waals surface area contributed by atoms with Crippen molar-refractivity contribution in [2.24, 2.45) is 0 Å². The molecule has 6 aromatic rings. The summed E-state index contributed by atoms with van der Waals surface area (Å²) in [5.41, 5.74) is 11.2. The van der Waals surface area contributed by atoms with Gasteiger partial charge in [0.2, 0.25) is 12.7 Å². The molecule has 1 aliphatic rings. The van der Waals surface area contributed by atoms with Gasteiger partial charge in [-0.3, -0.25) is 0 Å². The summed E-state index contributed by atoms with van der Waals surface area (Å²) in [5, 5.41) is 0. The second-order valence-corrected chi connectivity index (χ2v) is 14.1. The maximum Gasteiger partial charge on any atom is 0.246 e. The van der Waals surface area contributed by atoms with Crippen LogP contribution in [-0.4, -0.2) is 35.6 Å². The average molecular weight is 887 g/mol. The Morgan fingerprint density at radius 2 is 0.732 bits per heavy atom. The van der Waals surface area contributed by atoms with Crippen molar-refractivity contribution in [2.45, 2.75) is 79.1 Å². The monoisotopic (exact) mass is 884 g/mol. The molecule has 4 aromatic carbocycles. The van der Waals surface area contributed by atoms with Gasteiger partial charge in [0.05, 0.1) is 26.4 Å². The number of aromatic amines is 2. The van der Waals surface area contributed by atoms with E-state index in [1.165, 1.54) is 0 Å². The molecule has 0 saturated carbocycles. The Balaban J connectivity index is 0.00000300. The van der Waals surface area contributed by atoms with Crippen LogP contribution in [-0.2, 0) is 25.7 Å². The topological polar surface area (TPSA) is 75.1 Å². The van der Waals surface area contributed by atoms with E-state index in [9.17, 15) is 0 Å². The Bertz CT molecular complexity index is 1910. The Morgan fingerprint density at radius 1 is 0.446 bits per heavy atom. The minimum atomic E-state index is 0. The molecule has 0 unspecified atom stereocenters. The number of hydrogen-bond donors (Lipinski definition) is 0. The molecular weight excluding hydrogens is 832 g/mol. The summed E-state index contributed by atoms with van der Waals surface area (Å²) < 4.78 is 31.2. The van der Waals surface area contributed by atoms with E-state index in [4.69, 9.17) is 18.9 Å². The molecular formula is C46H54Br2N4O4. The number of benzene rings is 4. The molecule has 0 saturated heterocycles. The smallest absolute Gasteiger partial charge is 0.246 e. The summed E-state index contributed by atoms with van der Waals surface area (Å²) >= 11 is 0. The number of fused-ring (bicyclic) bond motifs is 8. The first kappa shape index (κ1) is 42.6. The second-order valence-electron chi connectivity index (χ2n) is 14.1. The highest BCUT2D eigenvalue weighted by Gasteiger charge is 2.24. The molecule has 56 heavy (non-hydrogen) atoms. The van der Waals surface area contributed by atoms with Gasteiger partial charge in [0.25, 0.3) is 0 Å². The van der Waals surface area contributed by atoms with Crippen molar-refractivity contribution in [2.75, 3.05) is 26.4 Å². The van der Waals surface area contributed by atoms with E-state index in [0.717, 1.165) is 105 Å². The van der Waals surface area contributed by atoms with Crippen LogP contribution in [0.4, 0.5) is 0 Å². The van der Waals surface area contributed by atoms with E-state index in [0.29, 0.717) is 52.1 Å². The lowest BCUT2D eigenvalue weighted by molar-refractivity contribution is -0.377. The number of aromatic nitrogens is 4. The van der Waals surface area contributed by atoms with Crippen LogP contribution in [0.3, 0.4) is 0 Å². The maximum absolute atomic E-state index is 6.74. The molecule has 7 rings (SSSR count). The van der Waals surface area contributed by atoms with E-state index >= 15 is 0 Å². The van der Waals surface area contributed by atoms with Crippen molar-refractivity contribution < 1.29 is 62.9 Å². The van der Waals surface area contributed by atoms with Gasteiger partial charge in [0.15, 0.2) is 0 Å². The van der Waals surface area contributed by atoms with Crippen LogP contribution in [0.15, 0.2) is 98.1 Å². The van der Waals surface area contributed by atoms with Gasteiger partial charge in [-0.2, -0.15) is 0 Å². The number of para-hydroxylation sites is 2. The van der Waals surface area contributed by atoms with E-state index in [-0.39, 0.29) is 34.0 Å². The summed E-state index contributed by atoms with van der Waals surface area (Å²) in [6.45, 7) is 11.2. The quantitative estimate of drug-likeness (QED) is 0.169. The first-order valence-corrected chi connectivity index (χ1v) is 19.7. The highest BCUT2D eigenvalue weighted by atomic mass is 79.9. The maximum atomic E-state index is 6.74. The first-order valence-electron chi connectivity index (χ1n) is 19.7. The van der Waals surface area contributed by atoms with Gasteiger partial charge in [-0.1, -0.05) is 64.1 Å². The fraction of sp³-hybridized carbons (Fsp3) is 0.348. The molecule has 8 nitrogen and oxygen atoms in total. The number of H-pyrrole nitrogens is 2. The number of imidazole rings is 2. The van der Waals surface area contributed by atoms with E-state index in [1.54, 1.807) is 0 Å². The molecule has 0 fully saturated rings. The summed E-state index contributed by atoms with van der Waals surface area (Å²) in [5.74, 6) is 3.77. The number of hydrogen-bond acceptors (Lipinski definition) is 4. The zero-order chi connectivity index (χ0) is 37.3. The average Bonchev–Trinajstić information content (AvgIpc) is 3.93. The van der Waals surface area contributed by atoms with Crippen molar-refractivity contribution in [3.63, 3.8) is 0 Å². The lowest BCUT2D eigenvalue weighted by atomic mass is 9.90. The van der Waals surface area contributed by atoms with E-state index in [2.05, 4.69) is 120 Å². The molecule has 296 valence electrons. The van der Waals surface area contributed by atoms with Crippen LogP contribution >= 0.6 is 0 Å². The van der Waals surface area contributed by atoms with Crippen LogP contribution in [0.25, 0.3) is 11.4 Å². The van der Waals surface area contributed by atoms with Crippen molar-refractivity contribution in [1.82, 2.24) is 9.13 Å². The molecule has 0 atom stereocenters. The number of nitrogens with zero attached hydrogens (tertiary/aromatic N) is 2.